The van der Waals surface area contributed by atoms with Gasteiger partial charge in [-0.1, -0.05) is 12.8 Å². The van der Waals surface area contributed by atoms with Crippen LogP contribution in [0.25, 0.3) is 0 Å². The second-order valence-corrected chi connectivity index (χ2v) is 6.75. The topological polar surface area (TPSA) is 92.5 Å². The first-order valence-electron chi connectivity index (χ1n) is 6.59. The first kappa shape index (κ1) is 18.5. The summed E-state index contributed by atoms with van der Waals surface area (Å²) >= 11 is 3.65. The highest BCUT2D eigenvalue weighted by Crippen LogP contribution is 2.11. The van der Waals surface area contributed by atoms with Gasteiger partial charge in [-0.3, -0.25) is 0 Å². The Labute approximate surface area is 119 Å². The summed E-state index contributed by atoms with van der Waals surface area (Å²) in [6, 6.07) is -0.135. The Hall–Kier alpha value is 0.540. The lowest BCUT2D eigenvalue weighted by atomic mass is 10.2. The molecule has 0 amide bonds. The van der Waals surface area contributed by atoms with E-state index in [1.807, 2.05) is 23.5 Å². The SMILES string of the molecule is NC(CO)CSCCCCCCSCC(N)CO. The van der Waals surface area contributed by atoms with E-state index in [1.54, 1.807) is 0 Å². The lowest BCUT2D eigenvalue weighted by Gasteiger charge is -2.08. The molecule has 0 aliphatic carbocycles. The number of nitrogens with two attached hydrogens (primary N) is 2. The number of aliphatic hydroxyl groups is 2. The van der Waals surface area contributed by atoms with Gasteiger partial charge in [-0.25, -0.2) is 0 Å². The van der Waals surface area contributed by atoms with Gasteiger partial charge in [0.2, 0.25) is 0 Å². The van der Waals surface area contributed by atoms with Gasteiger partial charge in [-0.05, 0) is 24.3 Å². The minimum Gasteiger partial charge on any atom is -0.395 e. The molecule has 0 heterocycles. The summed E-state index contributed by atoms with van der Waals surface area (Å²) in [5.41, 5.74) is 11.2. The smallest absolute Gasteiger partial charge is 0.0590 e. The van der Waals surface area contributed by atoms with Crippen molar-refractivity contribution in [3.05, 3.63) is 0 Å². The molecule has 0 fully saturated rings. The van der Waals surface area contributed by atoms with Gasteiger partial charge < -0.3 is 21.7 Å². The second kappa shape index (κ2) is 14.0. The van der Waals surface area contributed by atoms with Gasteiger partial charge in [0.25, 0.3) is 0 Å². The van der Waals surface area contributed by atoms with E-state index in [4.69, 9.17) is 21.7 Å². The largest absolute Gasteiger partial charge is 0.395 e. The van der Waals surface area contributed by atoms with E-state index in [1.165, 1.54) is 25.7 Å². The number of aliphatic hydroxyl groups excluding tert-OH is 2. The molecule has 0 spiro atoms. The summed E-state index contributed by atoms with van der Waals surface area (Å²) in [7, 11) is 0. The van der Waals surface area contributed by atoms with E-state index in [-0.39, 0.29) is 25.3 Å². The Morgan fingerprint density at radius 3 is 1.44 bits per heavy atom. The van der Waals surface area contributed by atoms with Gasteiger partial charge >= 0.3 is 0 Å². The molecule has 0 saturated carbocycles. The van der Waals surface area contributed by atoms with Crippen LogP contribution in [0.15, 0.2) is 0 Å². The fourth-order valence-corrected chi connectivity index (χ4v) is 3.30. The monoisotopic (exact) mass is 296 g/mol. The molecule has 2 unspecified atom stereocenters. The number of hydrogen-bond acceptors (Lipinski definition) is 6. The fourth-order valence-electron chi connectivity index (χ4n) is 1.34. The van der Waals surface area contributed by atoms with Crippen LogP contribution in [0.1, 0.15) is 25.7 Å². The van der Waals surface area contributed by atoms with Crippen molar-refractivity contribution < 1.29 is 10.2 Å². The van der Waals surface area contributed by atoms with Crippen molar-refractivity contribution in [2.45, 2.75) is 37.8 Å². The lowest BCUT2D eigenvalue weighted by Crippen LogP contribution is -2.27. The number of unbranched alkanes of at least 4 members (excludes halogenated alkanes) is 3. The third-order valence-electron chi connectivity index (χ3n) is 2.46. The Morgan fingerprint density at radius 1 is 0.722 bits per heavy atom. The van der Waals surface area contributed by atoms with E-state index < -0.39 is 0 Å². The molecule has 0 saturated heterocycles. The van der Waals surface area contributed by atoms with Gasteiger partial charge in [-0.2, -0.15) is 23.5 Å². The summed E-state index contributed by atoms with van der Waals surface area (Å²) in [6.07, 6.45) is 4.97. The molecule has 2 atom stereocenters. The van der Waals surface area contributed by atoms with E-state index in [0.717, 1.165) is 23.0 Å². The van der Waals surface area contributed by atoms with Gasteiger partial charge in [0.1, 0.15) is 0 Å². The highest BCUT2D eigenvalue weighted by atomic mass is 32.2. The molecule has 6 heteroatoms. The molecule has 0 rings (SSSR count). The predicted molar refractivity (Wildman–Crippen MR) is 83.2 cm³/mol. The Morgan fingerprint density at radius 2 is 1.11 bits per heavy atom. The molecule has 0 bridgehead atoms. The Kier molecular flexibility index (Phi) is 14.4. The van der Waals surface area contributed by atoms with Gasteiger partial charge in [0.15, 0.2) is 0 Å². The normalized spacial score (nSPS) is 14.7. The van der Waals surface area contributed by atoms with Crippen molar-refractivity contribution in [3.63, 3.8) is 0 Å². The molecule has 18 heavy (non-hydrogen) atoms. The van der Waals surface area contributed by atoms with E-state index >= 15 is 0 Å². The second-order valence-electron chi connectivity index (χ2n) is 4.45. The van der Waals surface area contributed by atoms with E-state index in [9.17, 15) is 0 Å². The molecule has 0 aromatic carbocycles. The highest BCUT2D eigenvalue weighted by Gasteiger charge is 2.00. The Balaban J connectivity index is 3.03. The number of hydrogen-bond donors (Lipinski definition) is 4. The molecule has 6 N–H and O–H groups in total. The van der Waals surface area contributed by atoms with Crippen LogP contribution in [0.4, 0.5) is 0 Å². The minimum absolute atomic E-state index is 0.0675. The minimum atomic E-state index is -0.0675. The zero-order valence-electron chi connectivity index (χ0n) is 11.1. The van der Waals surface area contributed by atoms with Crippen LogP contribution in [0.2, 0.25) is 0 Å². The predicted octanol–water partition coefficient (Wildman–Crippen LogP) is 0.652. The first-order valence-corrected chi connectivity index (χ1v) is 8.90. The van der Waals surface area contributed by atoms with Crippen LogP contribution in [-0.4, -0.2) is 58.5 Å². The maximum Gasteiger partial charge on any atom is 0.0590 e. The summed E-state index contributed by atoms with van der Waals surface area (Å²) in [4.78, 5) is 0. The van der Waals surface area contributed by atoms with Crippen molar-refractivity contribution in [3.8, 4) is 0 Å². The number of thioether (sulfide) groups is 2. The third-order valence-corrected chi connectivity index (χ3v) is 4.94. The average molecular weight is 297 g/mol. The van der Waals surface area contributed by atoms with Gasteiger partial charge in [0, 0.05) is 23.6 Å². The van der Waals surface area contributed by atoms with Crippen molar-refractivity contribution in [1.82, 2.24) is 0 Å². The van der Waals surface area contributed by atoms with E-state index in [2.05, 4.69) is 0 Å². The van der Waals surface area contributed by atoms with Crippen LogP contribution in [-0.2, 0) is 0 Å². The van der Waals surface area contributed by atoms with Crippen LogP contribution in [0.5, 0.6) is 0 Å². The highest BCUT2D eigenvalue weighted by molar-refractivity contribution is 7.99. The quantitative estimate of drug-likeness (QED) is 0.373. The molecule has 110 valence electrons. The van der Waals surface area contributed by atoms with Crippen molar-refractivity contribution in [2.75, 3.05) is 36.2 Å². The van der Waals surface area contributed by atoms with Crippen molar-refractivity contribution in [1.29, 1.82) is 0 Å². The lowest BCUT2D eigenvalue weighted by molar-refractivity contribution is 0.275. The standard InChI is InChI=1S/C12H28N2O2S2/c13-11(7-15)9-17-5-3-1-2-4-6-18-10-12(14)8-16/h11-12,15-16H,1-10,13-14H2. The molecule has 0 aliphatic heterocycles. The molecule has 0 aliphatic rings. The van der Waals surface area contributed by atoms with Gasteiger partial charge in [-0.15, -0.1) is 0 Å². The molecule has 4 nitrogen and oxygen atoms in total. The molecule has 0 aromatic heterocycles. The molecule has 0 aromatic rings. The van der Waals surface area contributed by atoms with Gasteiger partial charge in [0.05, 0.1) is 13.2 Å². The zero-order valence-corrected chi connectivity index (χ0v) is 12.7. The van der Waals surface area contributed by atoms with Crippen LogP contribution in [0, 0.1) is 0 Å². The summed E-state index contributed by atoms with van der Waals surface area (Å²) in [6.45, 7) is 0.167. The van der Waals surface area contributed by atoms with Crippen LogP contribution >= 0.6 is 23.5 Å². The maximum absolute atomic E-state index is 8.75. The molecular formula is C12H28N2O2S2. The van der Waals surface area contributed by atoms with Crippen LogP contribution in [0.3, 0.4) is 0 Å². The number of rotatable bonds is 13. The maximum atomic E-state index is 8.75. The molecule has 0 radical (unpaired) electrons. The van der Waals surface area contributed by atoms with Crippen molar-refractivity contribution in [2.24, 2.45) is 11.5 Å². The van der Waals surface area contributed by atoms with E-state index in [0.29, 0.717) is 0 Å². The third kappa shape index (κ3) is 13.0. The molecular weight excluding hydrogens is 268 g/mol. The summed E-state index contributed by atoms with van der Waals surface area (Å²) in [5.74, 6) is 3.98. The van der Waals surface area contributed by atoms with Crippen molar-refractivity contribution >= 4 is 23.5 Å². The summed E-state index contributed by atoms with van der Waals surface area (Å²) < 4.78 is 0. The first-order chi connectivity index (χ1) is 8.70. The zero-order chi connectivity index (χ0) is 13.6. The Bertz CT molecular complexity index is 158. The summed E-state index contributed by atoms with van der Waals surface area (Å²) in [5, 5.41) is 17.5. The average Bonchev–Trinajstić information content (AvgIpc) is 2.40. The fraction of sp³-hybridized carbons (Fsp3) is 1.00. The van der Waals surface area contributed by atoms with Crippen LogP contribution < -0.4 is 11.5 Å².